The van der Waals surface area contributed by atoms with Crippen LogP contribution in [-0.2, 0) is 4.79 Å². The highest BCUT2D eigenvalue weighted by atomic mass is 79.9. The van der Waals surface area contributed by atoms with Crippen LogP contribution in [0.2, 0.25) is 5.02 Å². The lowest BCUT2D eigenvalue weighted by Crippen LogP contribution is -2.21. The van der Waals surface area contributed by atoms with Crippen LogP contribution in [0, 0.1) is 6.92 Å². The van der Waals surface area contributed by atoms with Crippen LogP contribution in [0.15, 0.2) is 40.9 Å². The summed E-state index contributed by atoms with van der Waals surface area (Å²) in [7, 11) is 0. The fourth-order valence-electron chi connectivity index (χ4n) is 1.70. The zero-order valence-electron chi connectivity index (χ0n) is 11.3. The number of halogens is 2. The minimum Gasteiger partial charge on any atom is -0.483 e. The highest BCUT2D eigenvalue weighted by Crippen LogP contribution is 2.24. The van der Waals surface area contributed by atoms with E-state index < -0.39 is 0 Å². The Balaban J connectivity index is 1.99. The van der Waals surface area contributed by atoms with Gasteiger partial charge in [0.15, 0.2) is 6.61 Å². The van der Waals surface area contributed by atoms with E-state index in [2.05, 4.69) is 21.2 Å². The number of nitrogen functional groups attached to an aromatic ring is 1. The van der Waals surface area contributed by atoms with Crippen LogP contribution >= 0.6 is 27.5 Å². The van der Waals surface area contributed by atoms with E-state index in [0.29, 0.717) is 22.1 Å². The molecule has 0 saturated heterocycles. The van der Waals surface area contributed by atoms with Crippen LogP contribution in [0.1, 0.15) is 5.56 Å². The molecule has 2 aromatic rings. The summed E-state index contributed by atoms with van der Waals surface area (Å²) in [5.74, 6) is 0.349. The van der Waals surface area contributed by atoms with Crippen molar-refractivity contribution < 1.29 is 9.53 Å². The lowest BCUT2D eigenvalue weighted by atomic mass is 10.2. The van der Waals surface area contributed by atoms with Crippen molar-refractivity contribution >= 4 is 44.8 Å². The summed E-state index contributed by atoms with van der Waals surface area (Å²) < 4.78 is 6.40. The Labute approximate surface area is 136 Å². The van der Waals surface area contributed by atoms with Gasteiger partial charge in [0.1, 0.15) is 5.75 Å². The number of aryl methyl sites for hydroxylation is 1. The fraction of sp³-hybridized carbons (Fsp3) is 0.133. The molecule has 0 saturated carbocycles. The van der Waals surface area contributed by atoms with Gasteiger partial charge in [0.05, 0.1) is 11.4 Å². The van der Waals surface area contributed by atoms with Crippen LogP contribution in [-0.4, -0.2) is 12.5 Å². The van der Waals surface area contributed by atoms with Crippen molar-refractivity contribution in [1.29, 1.82) is 0 Å². The van der Waals surface area contributed by atoms with Gasteiger partial charge in [-0.2, -0.15) is 0 Å². The van der Waals surface area contributed by atoms with Crippen LogP contribution in [0.25, 0.3) is 0 Å². The summed E-state index contributed by atoms with van der Waals surface area (Å²) in [4.78, 5) is 11.9. The molecular formula is C15H14BrClN2O2. The molecule has 0 heterocycles. The zero-order valence-corrected chi connectivity index (χ0v) is 13.7. The Bertz CT molecular complexity index is 677. The second kappa shape index (κ2) is 6.83. The van der Waals surface area contributed by atoms with Gasteiger partial charge in [0.2, 0.25) is 0 Å². The molecule has 0 spiro atoms. The van der Waals surface area contributed by atoms with E-state index in [1.165, 1.54) is 0 Å². The molecule has 6 heteroatoms. The van der Waals surface area contributed by atoms with Crippen LogP contribution in [0.4, 0.5) is 11.4 Å². The summed E-state index contributed by atoms with van der Waals surface area (Å²) in [5, 5.41) is 3.17. The molecule has 0 atom stereocenters. The van der Waals surface area contributed by atoms with Crippen molar-refractivity contribution in [2.75, 3.05) is 17.7 Å². The number of benzene rings is 2. The van der Waals surface area contributed by atoms with Crippen molar-refractivity contribution in [3.8, 4) is 5.75 Å². The minimum absolute atomic E-state index is 0.108. The summed E-state index contributed by atoms with van der Waals surface area (Å²) in [6.07, 6.45) is 0. The molecule has 2 aromatic carbocycles. The second-order valence-electron chi connectivity index (χ2n) is 4.48. The third kappa shape index (κ3) is 4.37. The first-order valence-electron chi connectivity index (χ1n) is 6.19. The first-order chi connectivity index (χ1) is 9.95. The van der Waals surface area contributed by atoms with E-state index in [4.69, 9.17) is 22.1 Å². The Hall–Kier alpha value is -1.72. The molecule has 0 fully saturated rings. The Morgan fingerprint density at radius 3 is 2.86 bits per heavy atom. The third-order valence-electron chi connectivity index (χ3n) is 2.80. The quantitative estimate of drug-likeness (QED) is 0.800. The maximum atomic E-state index is 11.9. The summed E-state index contributed by atoms with van der Waals surface area (Å²) in [6, 6.07) is 10.5. The van der Waals surface area contributed by atoms with Gasteiger partial charge >= 0.3 is 0 Å². The van der Waals surface area contributed by atoms with E-state index in [9.17, 15) is 4.79 Å². The van der Waals surface area contributed by atoms with Crippen molar-refractivity contribution in [2.24, 2.45) is 0 Å². The number of hydrogen-bond donors (Lipinski definition) is 2. The van der Waals surface area contributed by atoms with Gasteiger partial charge in [-0.05, 0) is 42.8 Å². The predicted octanol–water partition coefficient (Wildman–Crippen LogP) is 4.01. The first kappa shape index (κ1) is 15.7. The Kier molecular flexibility index (Phi) is 5.09. The van der Waals surface area contributed by atoms with Crippen molar-refractivity contribution in [2.45, 2.75) is 6.92 Å². The fourth-order valence-corrected chi connectivity index (χ4v) is 2.21. The smallest absolute Gasteiger partial charge is 0.262 e. The van der Waals surface area contributed by atoms with Gasteiger partial charge < -0.3 is 15.8 Å². The van der Waals surface area contributed by atoms with Gasteiger partial charge in [-0.1, -0.05) is 33.6 Å². The van der Waals surface area contributed by atoms with Gasteiger partial charge in [-0.25, -0.2) is 0 Å². The molecule has 0 radical (unpaired) electrons. The third-order valence-corrected chi connectivity index (χ3v) is 3.53. The molecule has 21 heavy (non-hydrogen) atoms. The largest absolute Gasteiger partial charge is 0.483 e. The second-order valence-corrected chi connectivity index (χ2v) is 5.83. The topological polar surface area (TPSA) is 64.3 Å². The maximum Gasteiger partial charge on any atom is 0.262 e. The molecule has 2 rings (SSSR count). The van der Waals surface area contributed by atoms with E-state index in [1.807, 2.05) is 25.1 Å². The number of rotatable bonds is 4. The molecule has 0 aliphatic rings. The molecular weight excluding hydrogens is 356 g/mol. The van der Waals surface area contributed by atoms with Gasteiger partial charge in [0.25, 0.3) is 5.91 Å². The highest BCUT2D eigenvalue weighted by Gasteiger charge is 2.08. The monoisotopic (exact) mass is 368 g/mol. The van der Waals surface area contributed by atoms with Crippen LogP contribution in [0.5, 0.6) is 5.75 Å². The van der Waals surface area contributed by atoms with Gasteiger partial charge in [0, 0.05) is 9.50 Å². The van der Waals surface area contributed by atoms with E-state index >= 15 is 0 Å². The molecule has 0 unspecified atom stereocenters. The number of ether oxygens (including phenoxy) is 1. The number of hydrogen-bond acceptors (Lipinski definition) is 3. The molecule has 0 aromatic heterocycles. The van der Waals surface area contributed by atoms with Crippen LogP contribution in [0.3, 0.4) is 0 Å². The SMILES string of the molecule is Cc1ccc(Br)cc1OCC(=O)Nc1cc(Cl)ccc1N. The lowest BCUT2D eigenvalue weighted by molar-refractivity contribution is -0.118. The number of nitrogens with one attached hydrogen (secondary N) is 1. The Morgan fingerprint density at radius 1 is 1.33 bits per heavy atom. The number of amides is 1. The normalized spacial score (nSPS) is 10.2. The molecule has 110 valence electrons. The predicted molar refractivity (Wildman–Crippen MR) is 88.9 cm³/mol. The molecule has 0 bridgehead atoms. The molecule has 3 N–H and O–H groups in total. The molecule has 4 nitrogen and oxygen atoms in total. The van der Waals surface area contributed by atoms with Crippen molar-refractivity contribution in [3.63, 3.8) is 0 Å². The Morgan fingerprint density at radius 2 is 2.10 bits per heavy atom. The summed E-state index contributed by atoms with van der Waals surface area (Å²) in [5.41, 5.74) is 7.65. The van der Waals surface area contributed by atoms with Crippen molar-refractivity contribution in [1.82, 2.24) is 0 Å². The van der Waals surface area contributed by atoms with E-state index in [1.54, 1.807) is 18.2 Å². The number of carbonyl (C=O) groups is 1. The first-order valence-corrected chi connectivity index (χ1v) is 7.36. The number of carbonyl (C=O) groups excluding carboxylic acids is 1. The van der Waals surface area contributed by atoms with Crippen LogP contribution < -0.4 is 15.8 Å². The maximum absolute atomic E-state index is 11.9. The summed E-state index contributed by atoms with van der Waals surface area (Å²) >= 11 is 9.23. The average Bonchev–Trinajstić information content (AvgIpc) is 2.44. The molecule has 0 aliphatic heterocycles. The van der Waals surface area contributed by atoms with Gasteiger partial charge in [-0.15, -0.1) is 0 Å². The van der Waals surface area contributed by atoms with Gasteiger partial charge in [-0.3, -0.25) is 4.79 Å². The zero-order chi connectivity index (χ0) is 15.4. The van der Waals surface area contributed by atoms with Crippen molar-refractivity contribution in [3.05, 3.63) is 51.5 Å². The van der Waals surface area contributed by atoms with E-state index in [-0.39, 0.29) is 12.5 Å². The lowest BCUT2D eigenvalue weighted by Gasteiger charge is -2.11. The van der Waals surface area contributed by atoms with E-state index in [0.717, 1.165) is 10.0 Å². The number of anilines is 2. The standard InChI is InChI=1S/C15H14BrClN2O2/c1-9-2-3-10(16)6-14(9)21-8-15(20)19-13-7-11(17)4-5-12(13)18/h2-7H,8,18H2,1H3,(H,19,20). The molecule has 1 amide bonds. The molecule has 0 aliphatic carbocycles. The highest BCUT2D eigenvalue weighted by molar-refractivity contribution is 9.10. The number of nitrogens with two attached hydrogens (primary N) is 1. The average molecular weight is 370 g/mol. The minimum atomic E-state index is -0.302. The summed E-state index contributed by atoms with van der Waals surface area (Å²) in [6.45, 7) is 1.80.